The maximum atomic E-state index is 6.12. The fourth-order valence-corrected chi connectivity index (χ4v) is 2.42. The number of fused-ring (bicyclic) bond motifs is 1. The summed E-state index contributed by atoms with van der Waals surface area (Å²) in [7, 11) is 0. The van der Waals surface area contributed by atoms with Crippen molar-refractivity contribution < 1.29 is 0 Å². The van der Waals surface area contributed by atoms with Gasteiger partial charge in [-0.25, -0.2) is 4.98 Å². The molecule has 102 valence electrons. The van der Waals surface area contributed by atoms with E-state index in [0.29, 0.717) is 6.54 Å². The zero-order chi connectivity index (χ0) is 13.9. The van der Waals surface area contributed by atoms with E-state index in [9.17, 15) is 0 Å². The highest BCUT2D eigenvalue weighted by Gasteiger charge is 2.03. The van der Waals surface area contributed by atoms with Crippen LogP contribution in [0.25, 0.3) is 11.0 Å². The van der Waals surface area contributed by atoms with Crippen molar-refractivity contribution in [1.29, 1.82) is 0 Å². The second kappa shape index (κ2) is 5.65. The number of rotatable bonds is 4. The lowest BCUT2D eigenvalue weighted by molar-refractivity contribution is 0.670. The Labute approximate surface area is 123 Å². The molecule has 0 fully saturated rings. The van der Waals surface area contributed by atoms with Crippen molar-refractivity contribution in [2.24, 2.45) is 0 Å². The van der Waals surface area contributed by atoms with Crippen LogP contribution in [0, 0.1) is 6.92 Å². The molecule has 0 bridgehead atoms. The first-order chi connectivity index (χ1) is 9.72. The summed E-state index contributed by atoms with van der Waals surface area (Å²) in [5.74, 6) is 0.942. The standard InChI is InChI=1S/C16H16ClN3/c1-11-6-7-14-15(8-11)20-16(19-14)10-18-9-12-4-2-3-5-13(12)17/h2-8,18H,9-10H2,1H3,(H,19,20). The summed E-state index contributed by atoms with van der Waals surface area (Å²) in [6.07, 6.45) is 0. The number of aromatic amines is 1. The highest BCUT2D eigenvalue weighted by Crippen LogP contribution is 2.15. The van der Waals surface area contributed by atoms with Gasteiger partial charge >= 0.3 is 0 Å². The molecule has 0 radical (unpaired) electrons. The number of benzene rings is 2. The third-order valence-corrected chi connectivity index (χ3v) is 3.62. The van der Waals surface area contributed by atoms with Crippen molar-refractivity contribution in [2.75, 3.05) is 0 Å². The van der Waals surface area contributed by atoms with Gasteiger partial charge in [0.1, 0.15) is 5.82 Å². The molecule has 3 nitrogen and oxygen atoms in total. The van der Waals surface area contributed by atoms with Gasteiger partial charge in [-0.3, -0.25) is 0 Å². The zero-order valence-electron chi connectivity index (χ0n) is 11.3. The molecular formula is C16H16ClN3. The third kappa shape index (κ3) is 2.84. The summed E-state index contributed by atoms with van der Waals surface area (Å²) in [4.78, 5) is 7.89. The Morgan fingerprint density at radius 2 is 2.00 bits per heavy atom. The lowest BCUT2D eigenvalue weighted by Gasteiger charge is -2.04. The summed E-state index contributed by atoms with van der Waals surface area (Å²) >= 11 is 6.12. The molecule has 0 saturated carbocycles. The van der Waals surface area contributed by atoms with Crippen LogP contribution in [0.5, 0.6) is 0 Å². The van der Waals surface area contributed by atoms with Crippen LogP contribution in [0.1, 0.15) is 17.0 Å². The fourth-order valence-electron chi connectivity index (χ4n) is 2.22. The van der Waals surface area contributed by atoms with Gasteiger partial charge in [0.15, 0.2) is 0 Å². The minimum Gasteiger partial charge on any atom is -0.341 e. The number of H-pyrrole nitrogens is 1. The summed E-state index contributed by atoms with van der Waals surface area (Å²) in [5, 5.41) is 4.15. The Kier molecular flexibility index (Phi) is 3.72. The largest absolute Gasteiger partial charge is 0.341 e. The molecule has 4 heteroatoms. The third-order valence-electron chi connectivity index (χ3n) is 3.25. The number of aryl methyl sites for hydroxylation is 1. The predicted octanol–water partition coefficient (Wildman–Crippen LogP) is 3.81. The van der Waals surface area contributed by atoms with Crippen LogP contribution in [0.4, 0.5) is 0 Å². The van der Waals surface area contributed by atoms with Crippen LogP contribution in [0.2, 0.25) is 5.02 Å². The minimum absolute atomic E-state index is 0.693. The minimum atomic E-state index is 0.693. The summed E-state index contributed by atoms with van der Waals surface area (Å²) < 4.78 is 0. The smallest absolute Gasteiger partial charge is 0.121 e. The van der Waals surface area contributed by atoms with E-state index < -0.39 is 0 Å². The Balaban J connectivity index is 1.67. The topological polar surface area (TPSA) is 40.7 Å². The number of nitrogens with zero attached hydrogens (tertiary/aromatic N) is 1. The molecule has 0 aliphatic carbocycles. The summed E-state index contributed by atoms with van der Waals surface area (Å²) in [6.45, 7) is 3.50. The van der Waals surface area contributed by atoms with Gasteiger partial charge < -0.3 is 10.3 Å². The molecule has 0 unspecified atom stereocenters. The maximum absolute atomic E-state index is 6.12. The van der Waals surface area contributed by atoms with E-state index in [-0.39, 0.29) is 0 Å². The molecule has 0 saturated heterocycles. The normalized spacial score (nSPS) is 11.1. The Hall–Kier alpha value is -1.84. The van der Waals surface area contributed by atoms with E-state index in [4.69, 9.17) is 11.6 Å². The predicted molar refractivity (Wildman–Crippen MR) is 82.8 cm³/mol. The SMILES string of the molecule is Cc1ccc2nc(CNCc3ccccc3Cl)[nH]c2c1. The molecule has 20 heavy (non-hydrogen) atoms. The molecule has 1 heterocycles. The van der Waals surface area contributed by atoms with E-state index in [1.165, 1.54) is 5.56 Å². The van der Waals surface area contributed by atoms with Crippen molar-refractivity contribution in [3.05, 3.63) is 64.4 Å². The van der Waals surface area contributed by atoms with Crippen LogP contribution in [-0.4, -0.2) is 9.97 Å². The molecule has 0 aliphatic heterocycles. The van der Waals surface area contributed by atoms with Gasteiger partial charge in [0.05, 0.1) is 17.6 Å². The van der Waals surface area contributed by atoms with Gasteiger partial charge in [-0.05, 0) is 36.2 Å². The van der Waals surface area contributed by atoms with Crippen LogP contribution in [-0.2, 0) is 13.1 Å². The van der Waals surface area contributed by atoms with Crippen molar-refractivity contribution in [2.45, 2.75) is 20.0 Å². The van der Waals surface area contributed by atoms with Crippen LogP contribution >= 0.6 is 11.6 Å². The first-order valence-electron chi connectivity index (χ1n) is 6.62. The Bertz CT molecular complexity index is 733. The van der Waals surface area contributed by atoms with Gasteiger partial charge in [-0.15, -0.1) is 0 Å². The van der Waals surface area contributed by atoms with Crippen molar-refractivity contribution in [1.82, 2.24) is 15.3 Å². The Morgan fingerprint density at radius 1 is 1.15 bits per heavy atom. The van der Waals surface area contributed by atoms with Crippen LogP contribution < -0.4 is 5.32 Å². The first kappa shape index (κ1) is 13.2. The van der Waals surface area contributed by atoms with Crippen molar-refractivity contribution >= 4 is 22.6 Å². The van der Waals surface area contributed by atoms with Crippen LogP contribution in [0.3, 0.4) is 0 Å². The van der Waals surface area contributed by atoms with E-state index in [1.54, 1.807) is 0 Å². The molecule has 1 aromatic heterocycles. The molecular weight excluding hydrogens is 270 g/mol. The van der Waals surface area contributed by atoms with Gasteiger partial charge in [-0.1, -0.05) is 35.9 Å². The highest BCUT2D eigenvalue weighted by atomic mass is 35.5. The summed E-state index contributed by atoms with van der Waals surface area (Å²) in [6, 6.07) is 14.1. The summed E-state index contributed by atoms with van der Waals surface area (Å²) in [5.41, 5.74) is 4.42. The number of aromatic nitrogens is 2. The lowest BCUT2D eigenvalue weighted by Crippen LogP contribution is -2.13. The monoisotopic (exact) mass is 285 g/mol. The first-order valence-corrected chi connectivity index (χ1v) is 6.99. The second-order valence-corrected chi connectivity index (χ2v) is 5.31. The van der Waals surface area contributed by atoms with Gasteiger partial charge in [0.2, 0.25) is 0 Å². The average molecular weight is 286 g/mol. The van der Waals surface area contributed by atoms with E-state index in [0.717, 1.165) is 34.0 Å². The average Bonchev–Trinajstić information content (AvgIpc) is 2.83. The number of halogens is 1. The van der Waals surface area contributed by atoms with Gasteiger partial charge in [0, 0.05) is 11.6 Å². The molecule has 3 rings (SSSR count). The van der Waals surface area contributed by atoms with E-state index in [2.05, 4.69) is 34.3 Å². The van der Waals surface area contributed by atoms with Crippen molar-refractivity contribution in [3.8, 4) is 0 Å². The molecule has 0 spiro atoms. The molecule has 3 aromatic rings. The van der Waals surface area contributed by atoms with E-state index in [1.807, 2.05) is 30.3 Å². The van der Waals surface area contributed by atoms with Gasteiger partial charge in [0.25, 0.3) is 0 Å². The highest BCUT2D eigenvalue weighted by molar-refractivity contribution is 6.31. The van der Waals surface area contributed by atoms with Crippen LogP contribution in [0.15, 0.2) is 42.5 Å². The molecule has 2 aromatic carbocycles. The van der Waals surface area contributed by atoms with Crippen molar-refractivity contribution in [3.63, 3.8) is 0 Å². The molecule has 2 N–H and O–H groups in total. The molecule has 0 amide bonds. The Morgan fingerprint density at radius 3 is 2.85 bits per heavy atom. The fraction of sp³-hybridized carbons (Fsp3) is 0.188. The van der Waals surface area contributed by atoms with E-state index >= 15 is 0 Å². The number of imidazole rings is 1. The molecule has 0 aliphatic rings. The lowest BCUT2D eigenvalue weighted by atomic mass is 10.2. The number of nitrogens with one attached hydrogen (secondary N) is 2. The zero-order valence-corrected chi connectivity index (χ0v) is 12.0. The second-order valence-electron chi connectivity index (χ2n) is 4.90. The number of hydrogen-bond donors (Lipinski definition) is 2. The maximum Gasteiger partial charge on any atom is 0.121 e. The number of hydrogen-bond acceptors (Lipinski definition) is 2. The molecule has 0 atom stereocenters. The quantitative estimate of drug-likeness (QED) is 0.765. The van der Waals surface area contributed by atoms with Gasteiger partial charge in [-0.2, -0.15) is 0 Å².